The summed E-state index contributed by atoms with van der Waals surface area (Å²) in [6.07, 6.45) is 2.59. The summed E-state index contributed by atoms with van der Waals surface area (Å²) in [7, 11) is 0. The average molecular weight is 980 g/mol. The first-order valence-electron chi connectivity index (χ1n) is 24.3. The Labute approximate surface area is 413 Å². The van der Waals surface area contributed by atoms with Gasteiger partial charge in [-0.1, -0.05) is 75.4 Å². The minimum atomic E-state index is -0.955. The number of amides is 6. The van der Waals surface area contributed by atoms with Crippen molar-refractivity contribution in [3.05, 3.63) is 106 Å². The third-order valence-corrected chi connectivity index (χ3v) is 14.6. The summed E-state index contributed by atoms with van der Waals surface area (Å²) in [6.45, 7) is 9.32. The first-order chi connectivity index (χ1) is 33.4. The van der Waals surface area contributed by atoms with E-state index in [2.05, 4.69) is 20.9 Å². The smallest absolute Gasteiger partial charge is 0.246 e. The molecule has 1 aromatic heterocycles. The van der Waals surface area contributed by atoms with Crippen molar-refractivity contribution in [3.8, 4) is 10.4 Å². The molecule has 4 aromatic rings. The molecule has 3 aromatic carbocycles. The van der Waals surface area contributed by atoms with Gasteiger partial charge in [-0.3, -0.25) is 33.7 Å². The molecular formula is C53H66FN7O8S. The van der Waals surface area contributed by atoms with Gasteiger partial charge in [0.1, 0.15) is 23.9 Å². The number of hydrogen-bond acceptors (Lipinski definition) is 10. The number of nitrogens with two attached hydrogens (primary N) is 1. The van der Waals surface area contributed by atoms with Crippen LogP contribution < -0.4 is 26.6 Å². The molecule has 0 radical (unpaired) electrons. The number of aliphatic hydroxyl groups excluding tert-OH is 1. The third-order valence-electron chi connectivity index (χ3n) is 13.6. The highest BCUT2D eigenvalue weighted by Crippen LogP contribution is 2.39. The van der Waals surface area contributed by atoms with Crippen LogP contribution in [-0.4, -0.2) is 93.4 Å². The highest BCUT2D eigenvalue weighted by molar-refractivity contribution is 7.13. The van der Waals surface area contributed by atoms with Gasteiger partial charge < -0.3 is 36.4 Å². The van der Waals surface area contributed by atoms with Gasteiger partial charge in [0.15, 0.2) is 0 Å². The molecule has 0 saturated carbocycles. The lowest BCUT2D eigenvalue weighted by Gasteiger charge is -2.35. The van der Waals surface area contributed by atoms with Gasteiger partial charge >= 0.3 is 0 Å². The number of thiazole rings is 1. The summed E-state index contributed by atoms with van der Waals surface area (Å²) in [4.78, 5) is 88.2. The second kappa shape index (κ2) is 22.8. The van der Waals surface area contributed by atoms with Crippen molar-refractivity contribution in [1.29, 1.82) is 0 Å². The lowest BCUT2D eigenvalue weighted by atomic mass is 9.85. The first kappa shape index (κ1) is 51.8. The zero-order valence-corrected chi connectivity index (χ0v) is 41.5. The number of likely N-dealkylation sites (tertiary alicyclic amines) is 1. The molecule has 15 nitrogen and oxygen atoms in total. The van der Waals surface area contributed by atoms with Crippen molar-refractivity contribution < 1.29 is 43.0 Å². The van der Waals surface area contributed by atoms with Crippen LogP contribution in [0.25, 0.3) is 10.4 Å². The van der Waals surface area contributed by atoms with E-state index < -0.39 is 59.4 Å². The van der Waals surface area contributed by atoms with E-state index in [-0.39, 0.29) is 69.0 Å². The summed E-state index contributed by atoms with van der Waals surface area (Å²) in [6, 6.07) is 15.4. The number of carbonyl (C=O) groups excluding carboxylic acids is 6. The number of β-amino-alcohol motifs (C(OH)–C–C–N with tert-alkyl or cyclic N) is 1. The van der Waals surface area contributed by atoms with Crippen LogP contribution in [0.15, 0.2) is 66.2 Å². The van der Waals surface area contributed by atoms with E-state index in [9.17, 15) is 33.9 Å². The molecule has 70 heavy (non-hydrogen) atoms. The largest absolute Gasteiger partial charge is 0.391 e. The van der Waals surface area contributed by atoms with Crippen molar-refractivity contribution in [3.63, 3.8) is 0 Å². The lowest BCUT2D eigenvalue weighted by Crippen LogP contribution is -2.57. The molecule has 17 heteroatoms. The zero-order chi connectivity index (χ0) is 50.3. The number of ether oxygens (including phenoxy) is 1. The summed E-state index contributed by atoms with van der Waals surface area (Å²) in [5.41, 5.74) is 13.3. The predicted molar refractivity (Wildman–Crippen MR) is 265 cm³/mol. The van der Waals surface area contributed by atoms with Gasteiger partial charge in [-0.25, -0.2) is 9.37 Å². The normalized spacial score (nSPS) is 19.0. The lowest BCUT2D eigenvalue weighted by molar-refractivity contribution is -0.144. The number of anilines is 1. The molecule has 0 unspecified atom stereocenters. The topological polar surface area (TPSA) is 213 Å². The number of unbranched alkanes of at least 4 members (excludes halogenated alkanes) is 1. The predicted octanol–water partition coefficient (Wildman–Crippen LogP) is 5.73. The van der Waals surface area contributed by atoms with Gasteiger partial charge in [-0.2, -0.15) is 0 Å². The molecule has 1 fully saturated rings. The second-order valence-electron chi connectivity index (χ2n) is 20.0. The Morgan fingerprint density at radius 2 is 1.70 bits per heavy atom. The van der Waals surface area contributed by atoms with Gasteiger partial charge in [0.05, 0.1) is 46.6 Å². The molecule has 6 amide bonds. The number of para-hydroxylation sites is 1. The Bertz CT molecular complexity index is 2560. The highest BCUT2D eigenvalue weighted by atomic mass is 32.1. The van der Waals surface area contributed by atoms with Gasteiger partial charge in [0, 0.05) is 50.8 Å². The minimum absolute atomic E-state index is 0.00673. The first-order valence-corrected chi connectivity index (χ1v) is 25.2. The van der Waals surface area contributed by atoms with E-state index in [1.165, 1.54) is 11.0 Å². The number of aromatic nitrogens is 1. The molecule has 7 rings (SSSR count). The summed E-state index contributed by atoms with van der Waals surface area (Å²) < 4.78 is 21.6. The molecular weight excluding hydrogens is 914 g/mol. The molecule has 4 heterocycles. The van der Waals surface area contributed by atoms with E-state index in [0.29, 0.717) is 44.1 Å². The molecule has 6 N–H and O–H groups in total. The number of aryl methyl sites for hydroxylation is 3. The van der Waals surface area contributed by atoms with E-state index in [0.717, 1.165) is 50.5 Å². The van der Waals surface area contributed by atoms with Crippen molar-refractivity contribution >= 4 is 52.5 Å². The van der Waals surface area contributed by atoms with Crippen LogP contribution in [0.1, 0.15) is 113 Å². The van der Waals surface area contributed by atoms with E-state index in [4.69, 9.17) is 10.5 Å². The summed E-state index contributed by atoms with van der Waals surface area (Å²) >= 11 is 1.56. The van der Waals surface area contributed by atoms with E-state index in [1.54, 1.807) is 40.8 Å². The Morgan fingerprint density at radius 1 is 0.957 bits per heavy atom. The Hall–Kier alpha value is -6.04. The van der Waals surface area contributed by atoms with Crippen molar-refractivity contribution in [2.75, 3.05) is 11.4 Å². The SMILES string of the molecule is Cc1ncsc1-c1ccc(CNC(=O)[C@@H]2C[C@@H](O)CN2C(=O)[C@@H](NC(=O)CCCCc2ccc(CO[C@H](C)[C@H](CCC(N)=O)NC(=O)[C@@H]3Cc4cccc5c4N3C(=O)CCC5)c(F)c2)C(C)(C)C)cc1. The number of primary amides is 1. The highest BCUT2D eigenvalue weighted by Gasteiger charge is 2.45. The number of nitrogens with zero attached hydrogens (tertiary/aromatic N) is 3. The van der Waals surface area contributed by atoms with Gasteiger partial charge in [-0.15, -0.1) is 11.3 Å². The number of benzene rings is 3. The fourth-order valence-electron chi connectivity index (χ4n) is 9.66. The summed E-state index contributed by atoms with van der Waals surface area (Å²) in [5, 5.41) is 19.5. The van der Waals surface area contributed by atoms with E-state index >= 15 is 4.39 Å². The standard InChI is InChI=1S/C53H66FN7O8S/c1-31-48(70-30-57-31)36-19-17-34(18-20-36)27-56-50(66)42-26-39(62)28-60(42)52(68)49(53(3,4)5)59-45(64)14-7-6-10-33-16-21-38(40(54)24-33)29-69-32(2)41(22-23-44(55)63)58-51(67)43-25-37-13-8-11-35-12-9-15-46(65)61(43)47(35)37/h8,11,13,16-21,24,30,32,39,41-43,49,62H,6-7,9-10,12,14-15,22-23,25-29H2,1-5H3,(H2,55,63)(H,56,66)(H,58,67)(H,59,64)/t32-,39-,41+,42+,43+,49-/m1/s1. The van der Waals surface area contributed by atoms with Crippen LogP contribution >= 0.6 is 11.3 Å². The van der Waals surface area contributed by atoms with Crippen molar-refractivity contribution in [1.82, 2.24) is 25.8 Å². The Morgan fingerprint density at radius 3 is 2.40 bits per heavy atom. The number of rotatable bonds is 20. The van der Waals surface area contributed by atoms with Crippen LogP contribution in [0.4, 0.5) is 10.1 Å². The quantitative estimate of drug-likeness (QED) is 0.0684. The molecule has 374 valence electrons. The van der Waals surface area contributed by atoms with Crippen molar-refractivity contribution in [2.45, 2.75) is 155 Å². The maximum absolute atomic E-state index is 15.5. The van der Waals surface area contributed by atoms with Gasteiger partial charge in [0.2, 0.25) is 35.4 Å². The number of halogens is 1. The molecule has 0 bridgehead atoms. The molecule has 0 aliphatic carbocycles. The van der Waals surface area contributed by atoms with Crippen LogP contribution in [0.5, 0.6) is 0 Å². The van der Waals surface area contributed by atoms with E-state index in [1.807, 2.05) is 70.2 Å². The Kier molecular flexibility index (Phi) is 16.9. The number of aliphatic hydroxyl groups is 1. The minimum Gasteiger partial charge on any atom is -0.391 e. The zero-order valence-electron chi connectivity index (χ0n) is 40.7. The van der Waals surface area contributed by atoms with Gasteiger partial charge in [-0.05, 0) is 91.7 Å². The van der Waals surface area contributed by atoms with Crippen LogP contribution in [-0.2, 0) is 65.9 Å². The fourth-order valence-corrected chi connectivity index (χ4v) is 10.5. The van der Waals surface area contributed by atoms with Gasteiger partial charge in [0.25, 0.3) is 0 Å². The molecule has 3 aliphatic heterocycles. The summed E-state index contributed by atoms with van der Waals surface area (Å²) in [5.74, 6) is -2.61. The van der Waals surface area contributed by atoms with Crippen molar-refractivity contribution in [2.24, 2.45) is 11.1 Å². The molecule has 6 atom stereocenters. The third kappa shape index (κ3) is 12.6. The molecule has 3 aliphatic rings. The number of carbonyl (C=O) groups is 6. The van der Waals surface area contributed by atoms with Crippen LogP contribution in [0.3, 0.4) is 0 Å². The second-order valence-corrected chi connectivity index (χ2v) is 20.8. The molecule has 1 saturated heterocycles. The number of hydrogen-bond donors (Lipinski definition) is 5. The van der Waals surface area contributed by atoms with Crippen LogP contribution in [0, 0.1) is 18.2 Å². The monoisotopic (exact) mass is 979 g/mol. The Balaban J connectivity index is 0.871. The maximum atomic E-state index is 15.5. The fraction of sp³-hybridized carbons (Fsp3) is 0.491. The van der Waals surface area contributed by atoms with Crippen LogP contribution in [0.2, 0.25) is 0 Å². The average Bonchev–Trinajstić information content (AvgIpc) is 4.03. The number of nitrogens with one attached hydrogen (secondary N) is 3. The maximum Gasteiger partial charge on any atom is 0.246 e. The molecule has 0 spiro atoms.